The molecule has 0 aliphatic carbocycles. The number of thioether (sulfide) groups is 1. The number of nitrogens with zero attached hydrogens (tertiary/aromatic N) is 3. The van der Waals surface area contributed by atoms with Gasteiger partial charge in [0, 0.05) is 24.2 Å². The van der Waals surface area contributed by atoms with Crippen molar-refractivity contribution >= 4 is 23.4 Å². The molecule has 106 valence electrons. The summed E-state index contributed by atoms with van der Waals surface area (Å²) in [5.41, 5.74) is 2.00. The molecule has 4 heterocycles. The number of allylic oxidation sites excluding steroid dienone is 2. The number of aromatic amines is 1. The van der Waals surface area contributed by atoms with Crippen molar-refractivity contribution in [3.8, 4) is 0 Å². The highest BCUT2D eigenvalue weighted by Gasteiger charge is 2.24. The lowest BCUT2D eigenvalue weighted by atomic mass is 10.3. The standard InChI is InChI=1S/C15H14N4OS/c20-15-11-9-21-10-12(11)17-19(15)14-6-2-4-8-18(14)13-5-1-3-7-16-13/h1-7,17H,8-10H2. The molecule has 0 fully saturated rings. The van der Waals surface area contributed by atoms with Crippen molar-refractivity contribution in [2.45, 2.75) is 11.5 Å². The number of aromatic nitrogens is 3. The molecule has 0 spiro atoms. The second-order valence-corrected chi connectivity index (χ2v) is 5.94. The van der Waals surface area contributed by atoms with Crippen LogP contribution in [0.5, 0.6) is 0 Å². The van der Waals surface area contributed by atoms with Gasteiger partial charge >= 0.3 is 0 Å². The third-order valence-corrected chi connectivity index (χ3v) is 4.65. The Morgan fingerprint density at radius 2 is 2.24 bits per heavy atom. The zero-order valence-electron chi connectivity index (χ0n) is 11.3. The van der Waals surface area contributed by atoms with E-state index in [1.54, 1.807) is 22.6 Å². The molecule has 21 heavy (non-hydrogen) atoms. The van der Waals surface area contributed by atoms with Crippen molar-refractivity contribution in [1.82, 2.24) is 14.8 Å². The molecule has 0 saturated heterocycles. The first-order valence-corrected chi connectivity index (χ1v) is 7.96. The lowest BCUT2D eigenvalue weighted by Gasteiger charge is -2.27. The monoisotopic (exact) mass is 298 g/mol. The first-order chi connectivity index (χ1) is 10.3. The largest absolute Gasteiger partial charge is 0.307 e. The SMILES string of the molecule is O=c1c2c([nH]n1C1=CC=CCN1c1ccccn1)CSC2. The van der Waals surface area contributed by atoms with Gasteiger partial charge in [0.05, 0.1) is 11.3 Å². The number of hydrogen-bond acceptors (Lipinski definition) is 4. The van der Waals surface area contributed by atoms with E-state index in [4.69, 9.17) is 0 Å². The van der Waals surface area contributed by atoms with Crippen LogP contribution in [0.2, 0.25) is 0 Å². The Morgan fingerprint density at radius 3 is 3.05 bits per heavy atom. The topological polar surface area (TPSA) is 53.9 Å². The van der Waals surface area contributed by atoms with E-state index < -0.39 is 0 Å². The number of H-pyrrole nitrogens is 1. The van der Waals surface area contributed by atoms with Crippen molar-refractivity contribution in [3.63, 3.8) is 0 Å². The minimum atomic E-state index is 0.0532. The number of hydrogen-bond donors (Lipinski definition) is 1. The average Bonchev–Trinajstić information content (AvgIpc) is 3.12. The minimum absolute atomic E-state index is 0.0532. The van der Waals surface area contributed by atoms with Crippen LogP contribution in [0.3, 0.4) is 0 Å². The van der Waals surface area contributed by atoms with Gasteiger partial charge < -0.3 is 4.90 Å². The molecule has 0 radical (unpaired) electrons. The molecule has 2 aromatic heterocycles. The summed E-state index contributed by atoms with van der Waals surface area (Å²) in [6, 6.07) is 5.79. The lowest BCUT2D eigenvalue weighted by molar-refractivity contribution is 0.804. The first-order valence-electron chi connectivity index (χ1n) is 6.81. The van der Waals surface area contributed by atoms with Crippen molar-refractivity contribution in [2.75, 3.05) is 11.4 Å². The molecular formula is C15H14N4OS. The van der Waals surface area contributed by atoms with Crippen molar-refractivity contribution in [2.24, 2.45) is 0 Å². The summed E-state index contributed by atoms with van der Waals surface area (Å²) in [6.45, 7) is 0.702. The highest BCUT2D eigenvalue weighted by molar-refractivity contribution is 7.98. The number of anilines is 1. The molecule has 0 bridgehead atoms. The molecule has 2 aromatic rings. The van der Waals surface area contributed by atoms with Crippen molar-refractivity contribution in [1.29, 1.82) is 0 Å². The van der Waals surface area contributed by atoms with E-state index in [0.717, 1.165) is 34.4 Å². The second-order valence-electron chi connectivity index (χ2n) is 4.95. The van der Waals surface area contributed by atoms with Gasteiger partial charge in [0.15, 0.2) is 0 Å². The van der Waals surface area contributed by atoms with Gasteiger partial charge in [-0.15, -0.1) is 0 Å². The van der Waals surface area contributed by atoms with Gasteiger partial charge in [-0.1, -0.05) is 18.2 Å². The van der Waals surface area contributed by atoms with Crippen LogP contribution in [0.25, 0.3) is 5.82 Å². The van der Waals surface area contributed by atoms with Crippen LogP contribution in [-0.2, 0) is 11.5 Å². The summed E-state index contributed by atoms with van der Waals surface area (Å²) in [5.74, 6) is 3.33. The summed E-state index contributed by atoms with van der Waals surface area (Å²) in [6.07, 6.45) is 7.73. The van der Waals surface area contributed by atoms with Crippen LogP contribution in [0, 0.1) is 0 Å². The zero-order valence-corrected chi connectivity index (χ0v) is 12.1. The normalized spacial score (nSPS) is 17.0. The van der Waals surface area contributed by atoms with Crippen LogP contribution in [0.15, 0.2) is 47.4 Å². The minimum Gasteiger partial charge on any atom is -0.307 e. The maximum atomic E-state index is 12.5. The third-order valence-electron chi connectivity index (χ3n) is 3.67. The molecule has 0 atom stereocenters. The lowest BCUT2D eigenvalue weighted by Crippen LogP contribution is -2.32. The Labute approximate surface area is 126 Å². The Hall–Kier alpha value is -2.21. The van der Waals surface area contributed by atoms with E-state index in [2.05, 4.69) is 16.2 Å². The van der Waals surface area contributed by atoms with Gasteiger partial charge in [-0.2, -0.15) is 11.8 Å². The predicted molar refractivity (Wildman–Crippen MR) is 85.0 cm³/mol. The molecule has 2 aliphatic heterocycles. The molecule has 1 N–H and O–H groups in total. The van der Waals surface area contributed by atoms with E-state index in [1.807, 2.05) is 35.3 Å². The van der Waals surface area contributed by atoms with E-state index in [0.29, 0.717) is 6.54 Å². The van der Waals surface area contributed by atoms with Gasteiger partial charge in [-0.3, -0.25) is 9.89 Å². The maximum Gasteiger partial charge on any atom is 0.276 e. The maximum absolute atomic E-state index is 12.5. The number of pyridine rings is 1. The van der Waals surface area contributed by atoms with Crippen molar-refractivity contribution in [3.05, 3.63) is 64.2 Å². The quantitative estimate of drug-likeness (QED) is 0.923. The third kappa shape index (κ3) is 2.03. The van der Waals surface area contributed by atoms with Gasteiger partial charge in [0.2, 0.25) is 0 Å². The van der Waals surface area contributed by atoms with Crippen LogP contribution in [0.4, 0.5) is 5.82 Å². The van der Waals surface area contributed by atoms with Gasteiger partial charge in [0.1, 0.15) is 11.6 Å². The van der Waals surface area contributed by atoms with E-state index >= 15 is 0 Å². The average molecular weight is 298 g/mol. The molecule has 4 rings (SSSR count). The Morgan fingerprint density at radius 1 is 1.29 bits per heavy atom. The van der Waals surface area contributed by atoms with E-state index in [-0.39, 0.29) is 5.56 Å². The summed E-state index contributed by atoms with van der Waals surface area (Å²) in [5, 5.41) is 3.24. The van der Waals surface area contributed by atoms with E-state index in [9.17, 15) is 4.79 Å². The van der Waals surface area contributed by atoms with Gasteiger partial charge in [0.25, 0.3) is 5.56 Å². The van der Waals surface area contributed by atoms with Crippen LogP contribution >= 0.6 is 11.8 Å². The molecule has 2 aliphatic rings. The summed E-state index contributed by atoms with van der Waals surface area (Å²) >= 11 is 1.77. The second kappa shape index (κ2) is 4.96. The predicted octanol–water partition coefficient (Wildman–Crippen LogP) is 2.19. The van der Waals surface area contributed by atoms with Gasteiger partial charge in [-0.25, -0.2) is 9.67 Å². The summed E-state index contributed by atoms with van der Waals surface area (Å²) < 4.78 is 1.64. The van der Waals surface area contributed by atoms with Crippen LogP contribution < -0.4 is 10.5 Å². The zero-order chi connectivity index (χ0) is 14.2. The molecule has 0 amide bonds. The highest BCUT2D eigenvalue weighted by atomic mass is 32.2. The van der Waals surface area contributed by atoms with Crippen LogP contribution in [-0.4, -0.2) is 21.3 Å². The first kappa shape index (κ1) is 12.5. The molecule has 5 nitrogen and oxygen atoms in total. The Bertz CT molecular complexity index is 788. The smallest absolute Gasteiger partial charge is 0.276 e. The fourth-order valence-electron chi connectivity index (χ4n) is 2.63. The Kier molecular flexibility index (Phi) is 2.96. The number of rotatable bonds is 2. The van der Waals surface area contributed by atoms with E-state index in [1.165, 1.54) is 0 Å². The fraction of sp³-hybridized carbons (Fsp3) is 0.200. The molecule has 0 aromatic carbocycles. The van der Waals surface area contributed by atoms with Crippen LogP contribution in [0.1, 0.15) is 11.3 Å². The number of fused-ring (bicyclic) bond motifs is 1. The van der Waals surface area contributed by atoms with Crippen molar-refractivity contribution < 1.29 is 0 Å². The molecule has 0 unspecified atom stereocenters. The fourth-order valence-corrected chi connectivity index (χ4v) is 3.67. The Balaban J connectivity index is 1.81. The van der Waals surface area contributed by atoms with Gasteiger partial charge in [-0.05, 0) is 18.2 Å². The molecule has 0 saturated carbocycles. The highest BCUT2D eigenvalue weighted by Crippen LogP contribution is 2.28. The summed E-state index contributed by atoms with van der Waals surface area (Å²) in [7, 11) is 0. The molecular weight excluding hydrogens is 284 g/mol. The molecule has 6 heteroatoms. The number of nitrogens with one attached hydrogen (secondary N) is 1. The summed E-state index contributed by atoms with van der Waals surface area (Å²) in [4.78, 5) is 19.0.